The summed E-state index contributed by atoms with van der Waals surface area (Å²) in [5.41, 5.74) is 0. The van der Waals surface area contributed by atoms with Crippen LogP contribution in [0.2, 0.25) is 0 Å². The van der Waals surface area contributed by atoms with Gasteiger partial charge in [0.05, 0.1) is 25.4 Å². The van der Waals surface area contributed by atoms with Crippen LogP contribution in [0.15, 0.2) is 72.9 Å². The van der Waals surface area contributed by atoms with Crippen LogP contribution in [-0.2, 0) is 14.3 Å². The Bertz CT molecular complexity index is 1420. The van der Waals surface area contributed by atoms with Crippen LogP contribution in [0.25, 0.3) is 0 Å². The van der Waals surface area contributed by atoms with Gasteiger partial charge in [0.1, 0.15) is 24.4 Å². The van der Waals surface area contributed by atoms with E-state index >= 15 is 0 Å². The molecule has 1 amide bonds. The number of hydrogen-bond acceptors (Lipinski definition) is 8. The zero-order chi connectivity index (χ0) is 55.0. The number of carbonyl (C=O) groups is 1. The van der Waals surface area contributed by atoms with Gasteiger partial charge in [-0.05, 0) is 64.2 Å². The van der Waals surface area contributed by atoms with E-state index < -0.39 is 49.5 Å². The molecule has 1 fully saturated rings. The maximum Gasteiger partial charge on any atom is 0.220 e. The SMILES string of the molecule is CC/C=C\C/C=C\C/C=C\C/C=C\C/C=C\C/C=C\CCCCCCCCCCCCCCCCC(=O)NC(COC1OC(CO)C(O)C(O)C1O)C(O)CCCCCCCCCCCCCCCCCCCCCC. The number of amides is 1. The lowest BCUT2D eigenvalue weighted by atomic mass is 9.99. The molecular weight excluding hydrogens is 947 g/mol. The summed E-state index contributed by atoms with van der Waals surface area (Å²) in [4.78, 5) is 13.1. The van der Waals surface area contributed by atoms with Crippen molar-refractivity contribution in [1.82, 2.24) is 5.32 Å². The predicted molar refractivity (Wildman–Crippen MR) is 322 cm³/mol. The summed E-state index contributed by atoms with van der Waals surface area (Å²) >= 11 is 0. The number of allylic oxidation sites excluding steroid dienone is 12. The molecule has 76 heavy (non-hydrogen) atoms. The van der Waals surface area contributed by atoms with Crippen LogP contribution in [0.5, 0.6) is 0 Å². The Morgan fingerprint density at radius 1 is 0.461 bits per heavy atom. The Labute approximate surface area is 468 Å². The Morgan fingerprint density at radius 2 is 0.816 bits per heavy atom. The van der Waals surface area contributed by atoms with Crippen LogP contribution in [-0.4, -0.2) is 87.5 Å². The first-order valence-electron chi connectivity index (χ1n) is 32.1. The molecule has 1 heterocycles. The van der Waals surface area contributed by atoms with E-state index in [9.17, 15) is 30.3 Å². The summed E-state index contributed by atoms with van der Waals surface area (Å²) in [7, 11) is 0. The quantitative estimate of drug-likeness (QED) is 0.0261. The van der Waals surface area contributed by atoms with Gasteiger partial charge in [0.25, 0.3) is 0 Å². The molecule has 9 nitrogen and oxygen atoms in total. The molecule has 0 aromatic rings. The zero-order valence-corrected chi connectivity index (χ0v) is 49.3. The van der Waals surface area contributed by atoms with Crippen molar-refractivity contribution in [1.29, 1.82) is 0 Å². The third kappa shape index (κ3) is 44.5. The monoisotopic (exact) mass is 1070 g/mol. The molecule has 6 N–H and O–H groups in total. The number of hydrogen-bond donors (Lipinski definition) is 6. The van der Waals surface area contributed by atoms with Crippen molar-refractivity contribution in [3.05, 3.63) is 72.9 Å². The van der Waals surface area contributed by atoms with E-state index in [1.54, 1.807) is 0 Å². The molecule has 1 aliphatic heterocycles. The molecule has 0 saturated carbocycles. The van der Waals surface area contributed by atoms with E-state index in [1.165, 1.54) is 186 Å². The first-order chi connectivity index (χ1) is 37.3. The smallest absolute Gasteiger partial charge is 0.220 e. The fourth-order valence-corrected chi connectivity index (χ4v) is 10.1. The van der Waals surface area contributed by atoms with Gasteiger partial charge < -0.3 is 40.3 Å². The van der Waals surface area contributed by atoms with Crippen LogP contribution in [0.1, 0.15) is 290 Å². The Kier molecular flexibility index (Phi) is 52.7. The average Bonchev–Trinajstić information content (AvgIpc) is 3.42. The molecule has 442 valence electrons. The second-order valence-corrected chi connectivity index (χ2v) is 22.2. The van der Waals surface area contributed by atoms with E-state index in [4.69, 9.17) is 9.47 Å². The largest absolute Gasteiger partial charge is 0.394 e. The van der Waals surface area contributed by atoms with Gasteiger partial charge in [-0.3, -0.25) is 4.79 Å². The number of carbonyl (C=O) groups excluding carboxylic acids is 1. The van der Waals surface area contributed by atoms with E-state index in [0.717, 1.165) is 77.0 Å². The van der Waals surface area contributed by atoms with Crippen LogP contribution in [0.3, 0.4) is 0 Å². The number of aliphatic hydroxyl groups excluding tert-OH is 5. The molecule has 7 unspecified atom stereocenters. The minimum Gasteiger partial charge on any atom is -0.394 e. The third-order valence-electron chi connectivity index (χ3n) is 15.1. The Balaban J connectivity index is 2.14. The van der Waals surface area contributed by atoms with Crippen LogP contribution in [0, 0.1) is 0 Å². The molecule has 0 radical (unpaired) electrons. The van der Waals surface area contributed by atoms with Gasteiger partial charge in [-0.1, -0.05) is 292 Å². The zero-order valence-electron chi connectivity index (χ0n) is 49.3. The molecule has 1 aliphatic rings. The maximum absolute atomic E-state index is 13.1. The third-order valence-corrected chi connectivity index (χ3v) is 15.1. The molecule has 0 aliphatic carbocycles. The highest BCUT2D eigenvalue weighted by Crippen LogP contribution is 2.23. The fourth-order valence-electron chi connectivity index (χ4n) is 10.1. The van der Waals surface area contributed by atoms with Gasteiger partial charge in [0.15, 0.2) is 6.29 Å². The number of nitrogens with one attached hydrogen (secondary N) is 1. The van der Waals surface area contributed by atoms with Crippen molar-refractivity contribution in [2.45, 2.75) is 333 Å². The van der Waals surface area contributed by atoms with Gasteiger partial charge in [0.2, 0.25) is 5.91 Å². The lowest BCUT2D eigenvalue weighted by Gasteiger charge is -2.40. The van der Waals surface area contributed by atoms with Gasteiger partial charge in [-0.25, -0.2) is 0 Å². The highest BCUT2D eigenvalue weighted by Gasteiger charge is 2.44. The summed E-state index contributed by atoms with van der Waals surface area (Å²) < 4.78 is 11.3. The Morgan fingerprint density at radius 3 is 1.21 bits per heavy atom. The van der Waals surface area contributed by atoms with Gasteiger partial charge in [-0.15, -0.1) is 0 Å². The molecule has 0 bridgehead atoms. The number of aliphatic hydroxyl groups is 5. The molecule has 0 aromatic heterocycles. The highest BCUT2D eigenvalue weighted by molar-refractivity contribution is 5.76. The topological polar surface area (TPSA) is 149 Å². The lowest BCUT2D eigenvalue weighted by molar-refractivity contribution is -0.302. The summed E-state index contributed by atoms with van der Waals surface area (Å²) in [5, 5.41) is 54.8. The van der Waals surface area contributed by atoms with Crippen LogP contribution >= 0.6 is 0 Å². The molecular formula is C67H121NO8. The van der Waals surface area contributed by atoms with E-state index in [-0.39, 0.29) is 12.5 Å². The number of rotatable bonds is 55. The van der Waals surface area contributed by atoms with Gasteiger partial charge >= 0.3 is 0 Å². The number of ether oxygens (including phenoxy) is 2. The second-order valence-electron chi connectivity index (χ2n) is 22.2. The second kappa shape index (κ2) is 55.9. The predicted octanol–water partition coefficient (Wildman–Crippen LogP) is 16.8. The maximum atomic E-state index is 13.1. The molecule has 0 spiro atoms. The highest BCUT2D eigenvalue weighted by atomic mass is 16.7. The minimum atomic E-state index is -1.56. The molecule has 1 saturated heterocycles. The number of unbranched alkanes of at least 4 members (excludes halogenated alkanes) is 33. The molecule has 7 atom stereocenters. The molecule has 9 heteroatoms. The Hall–Kier alpha value is -2.37. The van der Waals surface area contributed by atoms with Crippen molar-refractivity contribution in [3.8, 4) is 0 Å². The van der Waals surface area contributed by atoms with Crippen molar-refractivity contribution in [2.75, 3.05) is 13.2 Å². The van der Waals surface area contributed by atoms with E-state index in [2.05, 4.69) is 92.1 Å². The van der Waals surface area contributed by atoms with E-state index in [1.807, 2.05) is 0 Å². The first-order valence-corrected chi connectivity index (χ1v) is 32.1. The summed E-state index contributed by atoms with van der Waals surface area (Å²) in [6.07, 6.45) is 70.8. The normalized spacial score (nSPS) is 19.3. The molecule has 0 aromatic carbocycles. The van der Waals surface area contributed by atoms with Crippen molar-refractivity contribution in [3.63, 3.8) is 0 Å². The fraction of sp³-hybridized carbons (Fsp3) is 0.806. The van der Waals surface area contributed by atoms with Crippen LogP contribution in [0.4, 0.5) is 0 Å². The first kappa shape index (κ1) is 71.6. The summed E-state index contributed by atoms with van der Waals surface area (Å²) in [6, 6.07) is -0.723. The van der Waals surface area contributed by atoms with Gasteiger partial charge in [-0.2, -0.15) is 0 Å². The summed E-state index contributed by atoms with van der Waals surface area (Å²) in [5.74, 6) is -0.144. The van der Waals surface area contributed by atoms with Gasteiger partial charge in [0, 0.05) is 6.42 Å². The van der Waals surface area contributed by atoms with Crippen LogP contribution < -0.4 is 5.32 Å². The minimum absolute atomic E-state index is 0.138. The average molecular weight is 1070 g/mol. The van der Waals surface area contributed by atoms with Crippen molar-refractivity contribution < 1.29 is 39.8 Å². The van der Waals surface area contributed by atoms with Crippen molar-refractivity contribution in [2.24, 2.45) is 0 Å². The lowest BCUT2D eigenvalue weighted by Crippen LogP contribution is -2.60. The van der Waals surface area contributed by atoms with E-state index in [0.29, 0.717) is 12.8 Å². The summed E-state index contributed by atoms with van der Waals surface area (Å²) in [6.45, 7) is 3.75. The standard InChI is InChI=1S/C67H121NO8/c1-3-5-7-9-11-13-15-17-19-21-23-25-26-27-28-29-30-31-32-33-34-35-36-37-39-41-43-45-47-49-51-53-55-57-63(71)68-60(59-75-67-66(74)65(73)64(72)62(58-69)76-67)61(70)56-54-52-50-48-46-44-42-40-38-24-22-20-18-16-14-12-10-8-6-4-2/h5,7,11,13,17,19,23,25,27-28,30-31,60-62,64-67,69-70,72-74H,3-4,6,8-10,12,14-16,18,20-22,24,26,29,32-59H2,1-2H3,(H,68,71)/b7-5-,13-11-,19-17-,25-23-,28-27-,31-30-. The van der Waals surface area contributed by atoms with Crippen molar-refractivity contribution >= 4 is 5.91 Å². The molecule has 1 rings (SSSR count).